The van der Waals surface area contributed by atoms with Crippen LogP contribution < -0.4 is 9.62 Å². The number of hydrogen-bond donors (Lipinski definition) is 1. The number of carbonyl (C=O) groups excluding carboxylic acids is 2. The third-order valence-electron chi connectivity index (χ3n) is 6.10. The van der Waals surface area contributed by atoms with E-state index >= 15 is 0 Å². The van der Waals surface area contributed by atoms with E-state index in [9.17, 15) is 18.0 Å². The van der Waals surface area contributed by atoms with Gasteiger partial charge < -0.3 is 10.2 Å². The lowest BCUT2D eigenvalue weighted by Crippen LogP contribution is -2.51. The molecule has 36 heavy (non-hydrogen) atoms. The highest BCUT2D eigenvalue weighted by Crippen LogP contribution is 2.27. The van der Waals surface area contributed by atoms with Gasteiger partial charge in [-0.3, -0.25) is 13.9 Å². The molecular weight excluding hydrogens is 474 g/mol. The SMILES string of the molecule is CC[C@H](C(=O)NC)N(Cc1ccccc1)C(=O)CN(c1ccccc1C)S(=O)(=O)c1ccc(C)cc1. The molecule has 3 aromatic carbocycles. The van der Waals surface area contributed by atoms with Gasteiger partial charge >= 0.3 is 0 Å². The first kappa shape index (κ1) is 26.9. The molecule has 0 radical (unpaired) electrons. The predicted molar refractivity (Wildman–Crippen MR) is 142 cm³/mol. The molecule has 0 heterocycles. The number of hydrogen-bond acceptors (Lipinski definition) is 4. The molecule has 3 rings (SSSR count). The first-order valence-electron chi connectivity index (χ1n) is 11.9. The molecule has 1 N–H and O–H groups in total. The summed E-state index contributed by atoms with van der Waals surface area (Å²) in [6, 6.07) is 22.2. The Labute approximate surface area is 213 Å². The van der Waals surface area contributed by atoms with Crippen molar-refractivity contribution in [3.63, 3.8) is 0 Å². The second-order valence-electron chi connectivity index (χ2n) is 8.66. The van der Waals surface area contributed by atoms with Gasteiger partial charge in [0.2, 0.25) is 11.8 Å². The number of sulfonamides is 1. The molecule has 8 heteroatoms. The summed E-state index contributed by atoms with van der Waals surface area (Å²) in [5.41, 5.74) is 2.91. The fraction of sp³-hybridized carbons (Fsp3) is 0.286. The van der Waals surface area contributed by atoms with Crippen LogP contribution in [0, 0.1) is 13.8 Å². The number of aryl methyl sites for hydroxylation is 2. The van der Waals surface area contributed by atoms with Crippen molar-refractivity contribution in [3.8, 4) is 0 Å². The van der Waals surface area contributed by atoms with Crippen LogP contribution in [0.15, 0.2) is 83.8 Å². The Bertz CT molecular complexity index is 1290. The maximum atomic E-state index is 13.8. The van der Waals surface area contributed by atoms with Crippen LogP contribution >= 0.6 is 0 Å². The molecule has 0 fully saturated rings. The fourth-order valence-electron chi connectivity index (χ4n) is 4.06. The first-order valence-corrected chi connectivity index (χ1v) is 13.3. The number of para-hydroxylation sites is 1. The van der Waals surface area contributed by atoms with Gasteiger partial charge in [-0.2, -0.15) is 0 Å². The minimum Gasteiger partial charge on any atom is -0.357 e. The van der Waals surface area contributed by atoms with Crippen LogP contribution in [-0.4, -0.2) is 44.8 Å². The van der Waals surface area contributed by atoms with Gasteiger partial charge in [0.15, 0.2) is 0 Å². The van der Waals surface area contributed by atoms with Crippen molar-refractivity contribution < 1.29 is 18.0 Å². The summed E-state index contributed by atoms with van der Waals surface area (Å²) in [6.45, 7) is 5.25. The Hall–Kier alpha value is -3.65. The van der Waals surface area contributed by atoms with E-state index in [4.69, 9.17) is 0 Å². The molecule has 0 aliphatic rings. The number of nitrogens with zero attached hydrogens (tertiary/aromatic N) is 2. The Balaban J connectivity index is 2.06. The third kappa shape index (κ3) is 6.12. The summed E-state index contributed by atoms with van der Waals surface area (Å²) in [6.07, 6.45) is 0.382. The molecule has 0 spiro atoms. The van der Waals surface area contributed by atoms with Crippen molar-refractivity contribution in [1.29, 1.82) is 0 Å². The number of nitrogens with one attached hydrogen (secondary N) is 1. The maximum Gasteiger partial charge on any atom is 0.264 e. The quantitative estimate of drug-likeness (QED) is 0.449. The number of anilines is 1. The molecule has 2 amide bonds. The minimum atomic E-state index is -4.07. The number of rotatable bonds is 10. The Morgan fingerprint density at radius 3 is 2.08 bits per heavy atom. The molecule has 1 atom stereocenters. The summed E-state index contributed by atoms with van der Waals surface area (Å²) in [5, 5.41) is 2.63. The first-order chi connectivity index (χ1) is 17.2. The molecule has 3 aromatic rings. The molecule has 0 aromatic heterocycles. The van der Waals surface area contributed by atoms with E-state index in [1.54, 1.807) is 49.4 Å². The van der Waals surface area contributed by atoms with Gasteiger partial charge in [0.25, 0.3) is 10.0 Å². The average Bonchev–Trinajstić information content (AvgIpc) is 2.88. The van der Waals surface area contributed by atoms with Crippen molar-refractivity contribution in [2.75, 3.05) is 17.9 Å². The predicted octanol–water partition coefficient (Wildman–Crippen LogP) is 4.05. The van der Waals surface area contributed by atoms with Crippen molar-refractivity contribution in [1.82, 2.24) is 10.2 Å². The summed E-state index contributed by atoms with van der Waals surface area (Å²) in [4.78, 5) is 28.1. The van der Waals surface area contributed by atoms with Gasteiger partial charge in [-0.15, -0.1) is 0 Å². The lowest BCUT2D eigenvalue weighted by molar-refractivity contribution is -0.140. The Morgan fingerprint density at radius 2 is 1.50 bits per heavy atom. The average molecular weight is 508 g/mol. The van der Waals surface area contributed by atoms with Crippen LogP contribution in [0.25, 0.3) is 0 Å². The molecule has 190 valence electrons. The van der Waals surface area contributed by atoms with Gasteiger partial charge in [0.05, 0.1) is 10.6 Å². The largest absolute Gasteiger partial charge is 0.357 e. The number of carbonyl (C=O) groups is 2. The highest BCUT2D eigenvalue weighted by atomic mass is 32.2. The van der Waals surface area contributed by atoms with E-state index in [0.29, 0.717) is 17.7 Å². The van der Waals surface area contributed by atoms with E-state index in [0.717, 1.165) is 15.4 Å². The molecule has 0 aliphatic carbocycles. The third-order valence-corrected chi connectivity index (χ3v) is 7.87. The zero-order valence-electron chi connectivity index (χ0n) is 21.1. The molecule has 0 aliphatic heterocycles. The zero-order chi connectivity index (χ0) is 26.3. The maximum absolute atomic E-state index is 13.8. The zero-order valence-corrected chi connectivity index (χ0v) is 22.0. The van der Waals surface area contributed by atoms with E-state index in [1.165, 1.54) is 11.9 Å². The van der Waals surface area contributed by atoms with Gasteiger partial charge in [0.1, 0.15) is 12.6 Å². The minimum absolute atomic E-state index is 0.0945. The van der Waals surface area contributed by atoms with Crippen molar-refractivity contribution in [2.45, 2.75) is 44.7 Å². The van der Waals surface area contributed by atoms with Crippen molar-refractivity contribution in [3.05, 3.63) is 95.6 Å². The van der Waals surface area contributed by atoms with E-state index < -0.39 is 28.5 Å². The molecule has 7 nitrogen and oxygen atoms in total. The second kappa shape index (κ2) is 11.9. The number of benzene rings is 3. The number of amides is 2. The highest BCUT2D eigenvalue weighted by molar-refractivity contribution is 7.92. The van der Waals surface area contributed by atoms with Crippen LogP contribution in [0.3, 0.4) is 0 Å². The number of likely N-dealkylation sites (N-methyl/N-ethyl adjacent to an activating group) is 1. The van der Waals surface area contributed by atoms with E-state index in [-0.39, 0.29) is 17.3 Å². The van der Waals surface area contributed by atoms with Crippen molar-refractivity contribution in [2.24, 2.45) is 0 Å². The monoisotopic (exact) mass is 507 g/mol. The standard InChI is InChI=1S/C28H33N3O4S/c1-5-25(28(33)29-4)30(19-23-12-7-6-8-13-23)27(32)20-31(26-14-10-9-11-22(26)3)36(34,35)24-17-15-21(2)16-18-24/h6-18,25H,5,19-20H2,1-4H3,(H,29,33)/t25-/m1/s1. The Kier molecular flexibility index (Phi) is 8.88. The summed E-state index contributed by atoms with van der Waals surface area (Å²) < 4.78 is 28.8. The van der Waals surface area contributed by atoms with Gasteiger partial charge in [0, 0.05) is 13.6 Å². The smallest absolute Gasteiger partial charge is 0.264 e. The van der Waals surface area contributed by atoms with E-state index in [1.807, 2.05) is 50.2 Å². The van der Waals surface area contributed by atoms with Crippen LogP contribution in [-0.2, 0) is 26.2 Å². The van der Waals surface area contributed by atoms with Crippen LogP contribution in [0.1, 0.15) is 30.0 Å². The molecule has 0 saturated heterocycles. The lowest BCUT2D eigenvalue weighted by Gasteiger charge is -2.33. The second-order valence-corrected chi connectivity index (χ2v) is 10.5. The summed E-state index contributed by atoms with van der Waals surface area (Å²) in [5.74, 6) is -0.765. The van der Waals surface area contributed by atoms with Gasteiger partial charge in [-0.25, -0.2) is 8.42 Å². The van der Waals surface area contributed by atoms with Gasteiger partial charge in [-0.05, 0) is 49.6 Å². The highest BCUT2D eigenvalue weighted by Gasteiger charge is 2.33. The molecule has 0 saturated carbocycles. The lowest BCUT2D eigenvalue weighted by atomic mass is 10.1. The summed E-state index contributed by atoms with van der Waals surface area (Å²) in [7, 11) is -2.54. The molecule has 0 unspecified atom stereocenters. The summed E-state index contributed by atoms with van der Waals surface area (Å²) >= 11 is 0. The fourth-order valence-corrected chi connectivity index (χ4v) is 5.54. The molecular formula is C28H33N3O4S. The van der Waals surface area contributed by atoms with Crippen LogP contribution in [0.2, 0.25) is 0 Å². The topological polar surface area (TPSA) is 86.8 Å². The molecule has 0 bridgehead atoms. The van der Waals surface area contributed by atoms with E-state index in [2.05, 4.69) is 5.32 Å². The Morgan fingerprint density at radius 1 is 0.889 bits per heavy atom. The van der Waals surface area contributed by atoms with Gasteiger partial charge in [-0.1, -0.05) is 73.2 Å². The van der Waals surface area contributed by atoms with Crippen LogP contribution in [0.4, 0.5) is 5.69 Å². The van der Waals surface area contributed by atoms with Crippen LogP contribution in [0.5, 0.6) is 0 Å². The normalized spacial score (nSPS) is 12.0. The van der Waals surface area contributed by atoms with Crippen molar-refractivity contribution >= 4 is 27.5 Å².